The van der Waals surface area contributed by atoms with Crippen molar-refractivity contribution >= 4 is 38.3 Å². The van der Waals surface area contributed by atoms with Crippen molar-refractivity contribution in [2.45, 2.75) is 44.7 Å². The number of anilines is 1. The van der Waals surface area contributed by atoms with Gasteiger partial charge in [0.05, 0.1) is 42.3 Å². The van der Waals surface area contributed by atoms with Crippen molar-refractivity contribution in [3.63, 3.8) is 0 Å². The van der Waals surface area contributed by atoms with E-state index in [1.165, 1.54) is 12.8 Å². The Bertz CT molecular complexity index is 1380. The molecule has 2 fully saturated rings. The number of benzene rings is 2. The Kier molecular flexibility index (Phi) is 5.52. The van der Waals surface area contributed by atoms with E-state index in [1.54, 1.807) is 6.07 Å². The van der Waals surface area contributed by atoms with Gasteiger partial charge in [0.2, 0.25) is 0 Å². The zero-order valence-corrected chi connectivity index (χ0v) is 21.7. The maximum atomic E-state index is 13.8. The van der Waals surface area contributed by atoms with E-state index < -0.39 is 0 Å². The monoisotopic (exact) mass is 532 g/mol. The summed E-state index contributed by atoms with van der Waals surface area (Å²) in [5.74, 6) is 0.0425. The lowest BCUT2D eigenvalue weighted by Crippen LogP contribution is -2.54. The van der Waals surface area contributed by atoms with Crippen molar-refractivity contribution in [3.8, 4) is 6.07 Å². The van der Waals surface area contributed by atoms with Crippen LogP contribution in [0.15, 0.2) is 34.8 Å². The number of H-pyrrole nitrogens is 1. The van der Waals surface area contributed by atoms with Crippen LogP contribution < -0.4 is 4.90 Å². The Hall–Kier alpha value is -2.66. The SMILES string of the molecule is CC1(C)c2cc(N3CCCCC3N3CCOCC3)c(Br)cc2C(=O)c2c1[nH]c1cc(C#N)ccc21. The van der Waals surface area contributed by atoms with Crippen LogP contribution in [0.4, 0.5) is 5.69 Å². The Morgan fingerprint density at radius 2 is 1.94 bits per heavy atom. The third-order valence-electron chi connectivity index (χ3n) is 8.03. The highest BCUT2D eigenvalue weighted by molar-refractivity contribution is 9.10. The molecule has 2 saturated heterocycles. The van der Waals surface area contributed by atoms with E-state index in [2.05, 4.69) is 56.7 Å². The number of aromatic amines is 1. The molecule has 0 amide bonds. The second kappa shape index (κ2) is 8.48. The zero-order valence-electron chi connectivity index (χ0n) is 20.2. The van der Waals surface area contributed by atoms with E-state index in [0.717, 1.165) is 82.7 Å². The maximum absolute atomic E-state index is 13.8. The highest BCUT2D eigenvalue weighted by atomic mass is 79.9. The fraction of sp³-hybridized carbons (Fsp3) is 0.429. The molecule has 1 N–H and O–H groups in total. The molecule has 0 bridgehead atoms. The Balaban J connectivity index is 1.47. The number of halogens is 1. The molecule has 3 heterocycles. The van der Waals surface area contributed by atoms with Gasteiger partial charge in [0.25, 0.3) is 0 Å². The molecular weight excluding hydrogens is 504 g/mol. The summed E-state index contributed by atoms with van der Waals surface area (Å²) in [4.78, 5) is 22.4. The smallest absolute Gasteiger partial charge is 0.195 e. The van der Waals surface area contributed by atoms with Gasteiger partial charge in [-0.15, -0.1) is 0 Å². The number of ketones is 1. The van der Waals surface area contributed by atoms with Gasteiger partial charge in [-0.3, -0.25) is 9.69 Å². The molecule has 0 radical (unpaired) electrons. The molecule has 3 aliphatic rings. The third kappa shape index (κ3) is 3.54. The first-order valence-corrected chi connectivity index (χ1v) is 13.2. The average Bonchev–Trinajstić information content (AvgIpc) is 3.28. The van der Waals surface area contributed by atoms with Crippen LogP contribution in [0.2, 0.25) is 0 Å². The molecule has 3 aromatic rings. The standard InChI is InChI=1S/C28H29BrN4O2/c1-28(2)20-15-23(33-8-4-3-5-24(33)32-9-11-35-12-10-32)21(29)14-19(20)26(34)25-18-7-6-17(16-30)13-22(18)31-27(25)28/h6-7,13-15,24,31H,3-5,8-12H2,1-2H3. The lowest BCUT2D eigenvalue weighted by atomic mass is 9.71. The number of morpholine rings is 1. The molecule has 2 aliphatic heterocycles. The highest BCUT2D eigenvalue weighted by Gasteiger charge is 2.41. The van der Waals surface area contributed by atoms with Crippen LogP contribution in [0.5, 0.6) is 0 Å². The summed E-state index contributed by atoms with van der Waals surface area (Å²) in [6.45, 7) is 8.86. The molecule has 1 atom stereocenters. The number of nitrogens with one attached hydrogen (secondary N) is 1. The van der Waals surface area contributed by atoms with Gasteiger partial charge in [-0.05, 0) is 65.0 Å². The lowest BCUT2D eigenvalue weighted by Gasteiger charge is -2.46. The number of hydrogen-bond donors (Lipinski definition) is 1. The largest absolute Gasteiger partial charge is 0.379 e. The van der Waals surface area contributed by atoms with Gasteiger partial charge in [-0.2, -0.15) is 5.26 Å². The molecule has 6 rings (SSSR count). The molecule has 2 aromatic carbocycles. The number of carbonyl (C=O) groups is 1. The molecule has 0 spiro atoms. The van der Waals surface area contributed by atoms with E-state index in [-0.39, 0.29) is 11.2 Å². The quantitative estimate of drug-likeness (QED) is 0.483. The van der Waals surface area contributed by atoms with Crippen LogP contribution >= 0.6 is 15.9 Å². The Morgan fingerprint density at radius 1 is 1.14 bits per heavy atom. The number of nitrogens with zero attached hydrogens (tertiary/aromatic N) is 3. The van der Waals surface area contributed by atoms with Gasteiger partial charge < -0.3 is 14.6 Å². The van der Waals surface area contributed by atoms with Crippen molar-refractivity contribution in [1.82, 2.24) is 9.88 Å². The van der Waals surface area contributed by atoms with Crippen molar-refractivity contribution < 1.29 is 9.53 Å². The summed E-state index contributed by atoms with van der Waals surface area (Å²) < 4.78 is 6.58. The molecule has 1 unspecified atom stereocenters. The maximum Gasteiger partial charge on any atom is 0.195 e. The van der Waals surface area contributed by atoms with Crippen LogP contribution in [-0.2, 0) is 10.2 Å². The van der Waals surface area contributed by atoms with Gasteiger partial charge in [-0.25, -0.2) is 0 Å². The van der Waals surface area contributed by atoms with E-state index in [9.17, 15) is 10.1 Å². The molecule has 1 aromatic heterocycles. The fourth-order valence-corrected chi connectivity index (χ4v) is 6.75. The van der Waals surface area contributed by atoms with E-state index >= 15 is 0 Å². The molecule has 1 aliphatic carbocycles. The van der Waals surface area contributed by atoms with E-state index in [1.807, 2.05) is 18.2 Å². The summed E-state index contributed by atoms with van der Waals surface area (Å²) in [5.41, 5.74) is 5.66. The topological polar surface area (TPSA) is 72.4 Å². The zero-order chi connectivity index (χ0) is 24.3. The van der Waals surface area contributed by atoms with Crippen LogP contribution in [0.1, 0.15) is 65.9 Å². The normalized spacial score (nSPS) is 22.1. The van der Waals surface area contributed by atoms with Crippen molar-refractivity contribution in [2.75, 3.05) is 37.7 Å². The highest BCUT2D eigenvalue weighted by Crippen LogP contribution is 2.47. The van der Waals surface area contributed by atoms with Crippen LogP contribution in [0, 0.1) is 11.3 Å². The van der Waals surface area contributed by atoms with Gasteiger partial charge in [0, 0.05) is 51.7 Å². The minimum absolute atomic E-state index is 0.0425. The van der Waals surface area contributed by atoms with Crippen molar-refractivity contribution in [3.05, 3.63) is 62.8 Å². The number of aromatic nitrogens is 1. The van der Waals surface area contributed by atoms with E-state index in [0.29, 0.717) is 11.7 Å². The second-order valence-electron chi connectivity index (χ2n) is 10.4. The number of ether oxygens (including phenoxy) is 1. The van der Waals surface area contributed by atoms with E-state index in [4.69, 9.17) is 4.74 Å². The predicted octanol–water partition coefficient (Wildman–Crippen LogP) is 5.32. The molecular formula is C28H29BrN4O2. The average molecular weight is 533 g/mol. The number of fused-ring (bicyclic) bond motifs is 4. The van der Waals surface area contributed by atoms with Gasteiger partial charge in [0.1, 0.15) is 0 Å². The summed E-state index contributed by atoms with van der Waals surface area (Å²) >= 11 is 3.85. The van der Waals surface area contributed by atoms with Crippen LogP contribution in [0.25, 0.3) is 10.9 Å². The number of carbonyl (C=O) groups excluding carboxylic acids is 1. The summed E-state index contributed by atoms with van der Waals surface area (Å²) in [6, 6.07) is 12.0. The molecule has 180 valence electrons. The molecule has 7 heteroatoms. The fourth-order valence-electron chi connectivity index (χ4n) is 6.18. The molecule has 6 nitrogen and oxygen atoms in total. The van der Waals surface area contributed by atoms with Crippen LogP contribution in [-0.4, -0.2) is 54.7 Å². The Labute approximate surface area is 214 Å². The number of piperidine rings is 1. The first-order chi connectivity index (χ1) is 16.9. The second-order valence-corrected chi connectivity index (χ2v) is 11.2. The minimum Gasteiger partial charge on any atom is -0.379 e. The van der Waals surface area contributed by atoms with Gasteiger partial charge in [0.15, 0.2) is 5.78 Å². The van der Waals surface area contributed by atoms with Crippen molar-refractivity contribution in [2.24, 2.45) is 0 Å². The minimum atomic E-state index is -0.385. The van der Waals surface area contributed by atoms with Crippen LogP contribution in [0.3, 0.4) is 0 Å². The number of nitriles is 1. The summed E-state index contributed by atoms with van der Waals surface area (Å²) in [6.07, 6.45) is 3.88. The van der Waals surface area contributed by atoms with Gasteiger partial charge in [-0.1, -0.05) is 19.9 Å². The lowest BCUT2D eigenvalue weighted by molar-refractivity contribution is 0.0107. The van der Waals surface area contributed by atoms with Gasteiger partial charge >= 0.3 is 0 Å². The molecule has 0 saturated carbocycles. The third-order valence-corrected chi connectivity index (χ3v) is 8.67. The van der Waals surface area contributed by atoms with Crippen molar-refractivity contribution in [1.29, 1.82) is 5.26 Å². The summed E-state index contributed by atoms with van der Waals surface area (Å²) in [7, 11) is 0. The first-order valence-electron chi connectivity index (χ1n) is 12.4. The molecule has 35 heavy (non-hydrogen) atoms. The number of hydrogen-bond acceptors (Lipinski definition) is 5. The summed E-state index contributed by atoms with van der Waals surface area (Å²) in [5, 5.41) is 10.2. The Morgan fingerprint density at radius 3 is 2.71 bits per heavy atom. The first kappa shape index (κ1) is 22.8. The predicted molar refractivity (Wildman–Crippen MR) is 140 cm³/mol. The number of rotatable bonds is 2.